The van der Waals surface area contributed by atoms with Gasteiger partial charge in [0, 0.05) is 44.5 Å². The molecule has 3 rings (SSSR count). The Bertz CT molecular complexity index is 881. The van der Waals surface area contributed by atoms with E-state index in [4.69, 9.17) is 0 Å². The SMILES string of the molecule is C=CNc1ncc(-c2c[nH]c3nc(NCC(C)C)ncc23)cc1F.[HH].[HH]. The first-order valence-electron chi connectivity index (χ1n) is 7.70. The lowest BCUT2D eigenvalue weighted by Gasteiger charge is -2.07. The third kappa shape index (κ3) is 3.19. The summed E-state index contributed by atoms with van der Waals surface area (Å²) in [7, 11) is 0. The largest absolute Gasteiger partial charge is 0.354 e. The van der Waals surface area contributed by atoms with Crippen molar-refractivity contribution >= 4 is 22.8 Å². The Balaban J connectivity index is 0.00000169. The molecule has 0 spiro atoms. The first-order valence-corrected chi connectivity index (χ1v) is 7.70. The van der Waals surface area contributed by atoms with E-state index in [0.29, 0.717) is 23.1 Å². The number of rotatable bonds is 6. The van der Waals surface area contributed by atoms with Crippen LogP contribution in [0.2, 0.25) is 0 Å². The summed E-state index contributed by atoms with van der Waals surface area (Å²) in [5.74, 6) is 0.766. The maximum absolute atomic E-state index is 14.0. The monoisotopic (exact) mass is 330 g/mol. The van der Waals surface area contributed by atoms with Crippen LogP contribution >= 0.6 is 0 Å². The molecule has 128 valence electrons. The highest BCUT2D eigenvalue weighted by Gasteiger charge is 2.12. The minimum absolute atomic E-state index is 0. The number of nitrogens with one attached hydrogen (secondary N) is 3. The van der Waals surface area contributed by atoms with E-state index in [0.717, 1.165) is 17.5 Å². The standard InChI is InChI=1S/C17H19FN6.2H2/c1-4-19-16-14(18)5-11(7-20-16)12-8-21-15-13(12)9-23-17(24-15)22-6-10(2)3;;/h4-5,7-10H,1,6H2,2-3H3,(H,19,20)(H2,21,22,23,24);2*1H. The second-order valence-electron chi connectivity index (χ2n) is 5.84. The van der Waals surface area contributed by atoms with Gasteiger partial charge in [-0.1, -0.05) is 20.4 Å². The van der Waals surface area contributed by atoms with E-state index in [1.807, 2.05) is 0 Å². The zero-order valence-electron chi connectivity index (χ0n) is 13.6. The van der Waals surface area contributed by atoms with Gasteiger partial charge in [0.05, 0.1) is 0 Å². The number of hydrogen-bond donors (Lipinski definition) is 3. The lowest BCUT2D eigenvalue weighted by molar-refractivity contribution is 0.627. The zero-order valence-corrected chi connectivity index (χ0v) is 13.6. The van der Waals surface area contributed by atoms with Crippen molar-refractivity contribution in [1.29, 1.82) is 0 Å². The van der Waals surface area contributed by atoms with Crippen LogP contribution < -0.4 is 10.6 Å². The topological polar surface area (TPSA) is 78.5 Å². The minimum atomic E-state index is -0.446. The molecule has 0 unspecified atom stereocenters. The summed E-state index contributed by atoms with van der Waals surface area (Å²) in [4.78, 5) is 15.9. The number of nitrogens with zero attached hydrogens (tertiary/aromatic N) is 3. The van der Waals surface area contributed by atoms with E-state index < -0.39 is 5.82 Å². The molecule has 0 amide bonds. The van der Waals surface area contributed by atoms with Crippen molar-refractivity contribution in [2.75, 3.05) is 17.2 Å². The Morgan fingerprint density at radius 3 is 2.92 bits per heavy atom. The molecular formula is C17H23FN6. The summed E-state index contributed by atoms with van der Waals surface area (Å²) in [6.45, 7) is 8.53. The number of aromatic amines is 1. The van der Waals surface area contributed by atoms with Crippen LogP contribution in [0, 0.1) is 11.7 Å². The molecule has 0 saturated carbocycles. The Morgan fingerprint density at radius 1 is 1.38 bits per heavy atom. The predicted octanol–water partition coefficient (Wildman–Crippen LogP) is 4.27. The molecule has 0 aliphatic rings. The molecule has 3 aromatic heterocycles. The molecule has 0 atom stereocenters. The predicted molar refractivity (Wildman–Crippen MR) is 98.5 cm³/mol. The van der Waals surface area contributed by atoms with Crippen LogP contribution in [0.4, 0.5) is 16.2 Å². The molecule has 0 aromatic carbocycles. The second kappa shape index (κ2) is 6.66. The highest BCUT2D eigenvalue weighted by Crippen LogP contribution is 2.29. The number of pyridine rings is 1. The highest BCUT2D eigenvalue weighted by atomic mass is 19.1. The number of fused-ring (bicyclic) bond motifs is 1. The van der Waals surface area contributed by atoms with Gasteiger partial charge < -0.3 is 15.6 Å². The number of anilines is 2. The molecule has 0 aliphatic carbocycles. The van der Waals surface area contributed by atoms with Gasteiger partial charge >= 0.3 is 0 Å². The van der Waals surface area contributed by atoms with Crippen LogP contribution in [0.1, 0.15) is 16.7 Å². The summed E-state index contributed by atoms with van der Waals surface area (Å²) in [5, 5.41) is 6.65. The van der Waals surface area contributed by atoms with E-state index >= 15 is 0 Å². The van der Waals surface area contributed by atoms with E-state index in [2.05, 4.69) is 51.0 Å². The van der Waals surface area contributed by atoms with Gasteiger partial charge in [-0.05, 0) is 18.2 Å². The second-order valence-corrected chi connectivity index (χ2v) is 5.84. The van der Waals surface area contributed by atoms with Crippen LogP contribution in [0.25, 0.3) is 22.2 Å². The van der Waals surface area contributed by atoms with Crippen LogP contribution in [0.3, 0.4) is 0 Å². The Labute approximate surface area is 142 Å². The quantitative estimate of drug-likeness (QED) is 0.629. The van der Waals surface area contributed by atoms with Gasteiger partial charge in [0.2, 0.25) is 5.95 Å². The molecular weight excluding hydrogens is 307 g/mol. The third-order valence-corrected chi connectivity index (χ3v) is 3.49. The fourth-order valence-corrected chi connectivity index (χ4v) is 2.31. The molecule has 3 heterocycles. The van der Waals surface area contributed by atoms with E-state index in [1.165, 1.54) is 12.3 Å². The smallest absolute Gasteiger partial charge is 0.224 e. The molecule has 24 heavy (non-hydrogen) atoms. The van der Waals surface area contributed by atoms with Crippen LogP contribution in [-0.4, -0.2) is 26.5 Å². The Hall–Kier alpha value is -2.96. The minimum Gasteiger partial charge on any atom is -0.354 e. The van der Waals surface area contributed by atoms with Crippen molar-refractivity contribution in [1.82, 2.24) is 19.9 Å². The number of H-pyrrole nitrogens is 1. The zero-order chi connectivity index (χ0) is 17.1. The van der Waals surface area contributed by atoms with Crippen molar-refractivity contribution < 1.29 is 7.24 Å². The lowest BCUT2D eigenvalue weighted by Crippen LogP contribution is -2.10. The van der Waals surface area contributed by atoms with Crippen LogP contribution in [0.15, 0.2) is 37.4 Å². The fraction of sp³-hybridized carbons (Fsp3) is 0.235. The summed E-state index contributed by atoms with van der Waals surface area (Å²) in [6.07, 6.45) is 6.49. The number of hydrogen-bond acceptors (Lipinski definition) is 5. The first-order chi connectivity index (χ1) is 11.6. The highest BCUT2D eigenvalue weighted by molar-refractivity contribution is 5.93. The lowest BCUT2D eigenvalue weighted by atomic mass is 10.1. The normalized spacial score (nSPS) is 11.0. The van der Waals surface area contributed by atoms with Gasteiger partial charge in [-0.15, -0.1) is 0 Å². The molecule has 3 aromatic rings. The van der Waals surface area contributed by atoms with Gasteiger partial charge in [0.15, 0.2) is 11.6 Å². The number of halogens is 1. The van der Waals surface area contributed by atoms with Gasteiger partial charge in [-0.2, -0.15) is 4.98 Å². The summed E-state index contributed by atoms with van der Waals surface area (Å²) < 4.78 is 14.0. The summed E-state index contributed by atoms with van der Waals surface area (Å²) >= 11 is 0. The maximum Gasteiger partial charge on any atom is 0.224 e. The molecule has 6 nitrogen and oxygen atoms in total. The molecule has 7 heteroatoms. The third-order valence-electron chi connectivity index (χ3n) is 3.49. The van der Waals surface area contributed by atoms with E-state index in [1.54, 1.807) is 18.6 Å². The van der Waals surface area contributed by atoms with Crippen molar-refractivity contribution in [3.8, 4) is 11.1 Å². The van der Waals surface area contributed by atoms with Gasteiger partial charge in [0.25, 0.3) is 0 Å². The van der Waals surface area contributed by atoms with E-state index in [-0.39, 0.29) is 8.67 Å². The number of aromatic nitrogens is 4. The molecule has 3 N–H and O–H groups in total. The van der Waals surface area contributed by atoms with Gasteiger partial charge in [-0.25, -0.2) is 14.4 Å². The average molecular weight is 330 g/mol. The fourth-order valence-electron chi connectivity index (χ4n) is 2.31. The summed E-state index contributed by atoms with van der Waals surface area (Å²) in [5.41, 5.74) is 2.15. The van der Waals surface area contributed by atoms with Crippen LogP contribution in [0.5, 0.6) is 0 Å². The molecule has 0 fully saturated rings. The maximum atomic E-state index is 14.0. The summed E-state index contributed by atoms with van der Waals surface area (Å²) in [6, 6.07) is 1.42. The molecule has 0 saturated heterocycles. The Kier molecular flexibility index (Phi) is 4.41. The molecule has 0 aliphatic heterocycles. The van der Waals surface area contributed by atoms with Crippen molar-refractivity contribution in [3.63, 3.8) is 0 Å². The van der Waals surface area contributed by atoms with Crippen molar-refractivity contribution in [2.24, 2.45) is 5.92 Å². The van der Waals surface area contributed by atoms with Gasteiger partial charge in [-0.3, -0.25) is 0 Å². The Morgan fingerprint density at radius 2 is 2.21 bits per heavy atom. The molecule has 0 bridgehead atoms. The molecule has 0 radical (unpaired) electrons. The van der Waals surface area contributed by atoms with Gasteiger partial charge in [0.1, 0.15) is 5.65 Å². The van der Waals surface area contributed by atoms with Crippen molar-refractivity contribution in [2.45, 2.75) is 13.8 Å². The van der Waals surface area contributed by atoms with Crippen LogP contribution in [-0.2, 0) is 0 Å². The van der Waals surface area contributed by atoms with Crippen molar-refractivity contribution in [3.05, 3.63) is 43.3 Å². The van der Waals surface area contributed by atoms with E-state index in [9.17, 15) is 4.39 Å². The first kappa shape index (κ1) is 15.9. The average Bonchev–Trinajstić information content (AvgIpc) is 2.98.